The Morgan fingerprint density at radius 2 is 1.25 bits per heavy atom. The highest BCUT2D eigenvalue weighted by Crippen LogP contribution is 2.64. The van der Waals surface area contributed by atoms with Crippen molar-refractivity contribution in [2.75, 3.05) is 24.8 Å². The molecule has 1 N–H and O–H groups in total. The lowest BCUT2D eigenvalue weighted by Crippen LogP contribution is -2.74. The minimum Gasteiger partial charge on any atom is -0.439 e. The van der Waals surface area contributed by atoms with Crippen LogP contribution in [0, 0.1) is 5.41 Å². The van der Waals surface area contributed by atoms with E-state index in [0.717, 1.165) is 0 Å². The number of hydrogen-bond acceptors (Lipinski definition) is 9. The minimum absolute atomic E-state index is 0. The van der Waals surface area contributed by atoms with E-state index in [0.29, 0.717) is 32.0 Å². The van der Waals surface area contributed by atoms with E-state index in [9.17, 15) is 89.3 Å². The Labute approximate surface area is 263 Å². The number of aliphatic hydroxyl groups is 1. The molecule has 0 aromatic heterocycles. The summed E-state index contributed by atoms with van der Waals surface area (Å²) in [5.74, 6) is -56.3. The van der Waals surface area contributed by atoms with Gasteiger partial charge >= 0.3 is 59.8 Å². The van der Waals surface area contributed by atoms with E-state index in [1.165, 1.54) is 6.92 Å². The molecule has 0 rings (SSSR count). The summed E-state index contributed by atoms with van der Waals surface area (Å²) in [6.45, 7) is 4.50. The van der Waals surface area contributed by atoms with E-state index >= 15 is 0 Å². The molecule has 8 nitrogen and oxygen atoms in total. The molecule has 0 fully saturated rings. The van der Waals surface area contributed by atoms with E-state index in [2.05, 4.69) is 30.8 Å². The maximum Gasteiger partial charge on any atom is 0.473 e. The van der Waals surface area contributed by atoms with Gasteiger partial charge < -0.3 is 19.5 Å². The van der Waals surface area contributed by atoms with Gasteiger partial charge in [0.2, 0.25) is 6.40 Å². The number of halogens is 17. The second-order valence-corrected chi connectivity index (χ2v) is 10.9. The maximum atomic E-state index is 14.0. The van der Waals surface area contributed by atoms with Crippen molar-refractivity contribution in [2.24, 2.45) is 10.4 Å². The van der Waals surface area contributed by atoms with Gasteiger partial charge in [0, 0.05) is 18.5 Å². The summed E-state index contributed by atoms with van der Waals surface area (Å²) in [5.41, 5.74) is -2.48. The van der Waals surface area contributed by atoms with Crippen molar-refractivity contribution in [3.8, 4) is 0 Å². The van der Waals surface area contributed by atoms with E-state index < -0.39 is 96.1 Å². The molecule has 48 heavy (non-hydrogen) atoms. The van der Waals surface area contributed by atoms with Gasteiger partial charge in [-0.3, -0.25) is 4.79 Å². The Bertz CT molecular complexity index is 1180. The van der Waals surface area contributed by atoms with Crippen LogP contribution in [-0.4, -0.2) is 102 Å². The molecular formula is C22H24F17NO7S. The molecular weight excluding hydrogens is 745 g/mol. The van der Waals surface area contributed by atoms with Crippen molar-refractivity contribution in [3.05, 3.63) is 12.2 Å². The second-order valence-electron chi connectivity index (χ2n) is 9.91. The predicted molar refractivity (Wildman–Crippen MR) is 127 cm³/mol. The predicted octanol–water partition coefficient (Wildman–Crippen LogP) is 6.92. The largest absolute Gasteiger partial charge is 0.473 e. The second kappa shape index (κ2) is 15.0. The smallest absolute Gasteiger partial charge is 0.439 e. The molecule has 0 amide bonds. The normalized spacial score (nSPS) is 15.4. The summed E-state index contributed by atoms with van der Waals surface area (Å²) in [6.07, 6.45) is -16.2. The lowest BCUT2D eigenvalue weighted by Gasteiger charge is -2.42. The third-order valence-corrected chi connectivity index (χ3v) is 6.85. The number of hydrogen-bond donors (Lipinski definition) is 1. The summed E-state index contributed by atoms with van der Waals surface area (Å²) >= 11 is 0.396. The standard InChI is InChI=1S/C22H22F17NO7S.H2/c1-10(2)12(42)44-8-40-9-46-45-5-11(41)6-48-7-14(3,4)13(43)47-22(38,39)20(33,34)18(29,30)16(25,26)15(23,24)17(27,28)19(31,32)21(35,36)37;/h9,11,41H,1,5-8H2,2-4H3;1H. The van der Waals surface area contributed by atoms with Crippen LogP contribution in [0.5, 0.6) is 0 Å². The van der Waals surface area contributed by atoms with Gasteiger partial charge in [-0.05, 0) is 20.8 Å². The topological polar surface area (TPSA) is 104 Å². The fourth-order valence-corrected chi connectivity index (χ4v) is 3.57. The molecule has 284 valence electrons. The number of aliphatic hydroxyl groups excluding tert-OH is 1. The Balaban J connectivity index is 0. The highest BCUT2D eigenvalue weighted by molar-refractivity contribution is 7.99. The van der Waals surface area contributed by atoms with Crippen LogP contribution in [0.4, 0.5) is 74.6 Å². The molecule has 0 spiro atoms. The number of ether oxygens (including phenoxy) is 2. The number of thioether (sulfide) groups is 1. The fraction of sp³-hybridized carbons (Fsp3) is 0.773. The number of rotatable bonds is 19. The summed E-state index contributed by atoms with van der Waals surface area (Å²) in [4.78, 5) is 35.3. The summed E-state index contributed by atoms with van der Waals surface area (Å²) in [5, 5.41) is 9.73. The SMILES string of the molecule is C=C(C)C(=O)OCN=COOCC(O)CSCC(C)(C)C(=O)OC(F)(F)C(F)(F)C(F)(F)C(F)(F)C(F)(F)C(F)(F)C(F)(F)C(F)(F)F.[HH]. The van der Waals surface area contributed by atoms with Gasteiger partial charge in [0.15, 0.2) is 6.73 Å². The van der Waals surface area contributed by atoms with Crippen molar-refractivity contribution in [1.82, 2.24) is 0 Å². The van der Waals surface area contributed by atoms with Gasteiger partial charge in [-0.2, -0.15) is 91.3 Å². The molecule has 0 aromatic rings. The average Bonchev–Trinajstić information content (AvgIpc) is 2.90. The van der Waals surface area contributed by atoms with Crippen LogP contribution < -0.4 is 0 Å². The third kappa shape index (κ3) is 9.06. The molecule has 26 heteroatoms. The third-order valence-electron chi connectivity index (χ3n) is 5.30. The van der Waals surface area contributed by atoms with Gasteiger partial charge in [0.05, 0.1) is 11.5 Å². The van der Waals surface area contributed by atoms with Gasteiger partial charge in [-0.25, -0.2) is 9.79 Å². The molecule has 0 bridgehead atoms. The molecule has 1 atom stereocenters. The summed E-state index contributed by atoms with van der Waals surface area (Å²) in [7, 11) is 0. The first kappa shape index (κ1) is 45.2. The van der Waals surface area contributed by atoms with Gasteiger partial charge in [0.25, 0.3) is 0 Å². The molecule has 1 unspecified atom stereocenters. The Hall–Kier alpha value is -2.77. The quantitative estimate of drug-likeness (QED) is 0.0221. The van der Waals surface area contributed by atoms with Crippen molar-refractivity contribution >= 4 is 30.1 Å². The molecule has 0 saturated carbocycles. The Kier molecular flexibility index (Phi) is 14.1. The Morgan fingerprint density at radius 3 is 1.69 bits per heavy atom. The van der Waals surface area contributed by atoms with Crippen molar-refractivity contribution in [3.63, 3.8) is 0 Å². The van der Waals surface area contributed by atoms with E-state index in [-0.39, 0.29) is 7.00 Å². The first-order valence-electron chi connectivity index (χ1n) is 11.9. The highest BCUT2D eigenvalue weighted by Gasteiger charge is 2.96. The number of carbonyl (C=O) groups excluding carboxylic acids is 2. The minimum atomic E-state index is -8.82. The zero-order chi connectivity index (χ0) is 38.6. The number of aliphatic imine (C=N–C) groups is 1. The van der Waals surface area contributed by atoms with Crippen LogP contribution >= 0.6 is 11.8 Å². The van der Waals surface area contributed by atoms with Crippen molar-refractivity contribution in [1.29, 1.82) is 0 Å². The van der Waals surface area contributed by atoms with Crippen LogP contribution in [0.1, 0.15) is 22.2 Å². The molecule has 0 radical (unpaired) electrons. The molecule has 0 saturated heterocycles. The zero-order valence-corrected chi connectivity index (χ0v) is 24.7. The van der Waals surface area contributed by atoms with Gasteiger partial charge in [0.1, 0.15) is 6.61 Å². The van der Waals surface area contributed by atoms with Gasteiger partial charge in [-0.1, -0.05) is 6.58 Å². The van der Waals surface area contributed by atoms with Gasteiger partial charge in [-0.15, -0.1) is 0 Å². The molecule has 0 aliphatic heterocycles. The lowest BCUT2D eigenvalue weighted by molar-refractivity contribution is -0.474. The first-order valence-corrected chi connectivity index (χ1v) is 13.1. The van der Waals surface area contributed by atoms with Crippen LogP contribution in [0.3, 0.4) is 0 Å². The van der Waals surface area contributed by atoms with E-state index in [1.807, 2.05) is 0 Å². The lowest BCUT2D eigenvalue weighted by atomic mass is 9.90. The number of alkyl halides is 17. The first-order chi connectivity index (χ1) is 21.1. The highest BCUT2D eigenvalue weighted by atomic mass is 32.2. The van der Waals surface area contributed by atoms with Crippen LogP contribution in [0.2, 0.25) is 0 Å². The Morgan fingerprint density at radius 1 is 0.812 bits per heavy atom. The monoisotopic (exact) mass is 769 g/mol. The molecule has 0 aromatic carbocycles. The van der Waals surface area contributed by atoms with Crippen molar-refractivity contribution < 1.29 is 110 Å². The number of carbonyl (C=O) groups is 2. The summed E-state index contributed by atoms with van der Waals surface area (Å²) < 4.78 is 234. The average molecular weight is 769 g/mol. The fourth-order valence-electron chi connectivity index (χ4n) is 2.45. The van der Waals surface area contributed by atoms with Crippen molar-refractivity contribution in [2.45, 2.75) is 74.7 Å². The van der Waals surface area contributed by atoms with Crippen LogP contribution in [-0.2, 0) is 28.8 Å². The zero-order valence-electron chi connectivity index (χ0n) is 23.9. The molecule has 0 heterocycles. The molecule has 0 aliphatic rings. The molecule has 0 aliphatic carbocycles. The van der Waals surface area contributed by atoms with E-state index in [4.69, 9.17) is 0 Å². The van der Waals surface area contributed by atoms with Crippen LogP contribution in [0.25, 0.3) is 0 Å². The van der Waals surface area contributed by atoms with E-state index in [1.54, 1.807) is 0 Å². The van der Waals surface area contributed by atoms with Crippen LogP contribution in [0.15, 0.2) is 17.1 Å². The number of esters is 2. The number of nitrogens with zero attached hydrogens (tertiary/aromatic N) is 1. The maximum absolute atomic E-state index is 14.0. The summed E-state index contributed by atoms with van der Waals surface area (Å²) in [6, 6.07) is 0.